The van der Waals surface area contributed by atoms with Crippen molar-refractivity contribution in [3.63, 3.8) is 0 Å². The molecule has 3 aliphatic rings. The Morgan fingerprint density at radius 1 is 1.03 bits per heavy atom. The number of rotatable bonds is 3. The fourth-order valence-corrected chi connectivity index (χ4v) is 4.89. The number of benzene rings is 1. The van der Waals surface area contributed by atoms with Crippen LogP contribution in [0.1, 0.15) is 58.4 Å². The second-order valence-corrected chi connectivity index (χ2v) is 8.89. The third-order valence-corrected chi connectivity index (χ3v) is 6.80. The Balaban J connectivity index is 1.17. The summed E-state index contributed by atoms with van der Waals surface area (Å²) in [6, 6.07) is 6.17. The van der Waals surface area contributed by atoms with E-state index < -0.39 is 0 Å². The number of morpholine rings is 1. The lowest BCUT2D eigenvalue weighted by Crippen LogP contribution is -2.41. The zero-order valence-corrected chi connectivity index (χ0v) is 18.6. The van der Waals surface area contributed by atoms with Gasteiger partial charge in [-0.2, -0.15) is 0 Å². The van der Waals surface area contributed by atoms with Crippen molar-refractivity contribution in [2.45, 2.75) is 44.9 Å². The lowest BCUT2D eigenvalue weighted by Gasteiger charge is -2.30. The third kappa shape index (κ3) is 4.24. The summed E-state index contributed by atoms with van der Waals surface area (Å²) in [6.07, 6.45) is 4.96. The molecule has 32 heavy (non-hydrogen) atoms. The Labute approximate surface area is 187 Å². The van der Waals surface area contributed by atoms with Crippen molar-refractivity contribution < 1.29 is 18.7 Å². The van der Waals surface area contributed by atoms with Gasteiger partial charge in [0.25, 0.3) is 5.91 Å². The Morgan fingerprint density at radius 3 is 2.56 bits per heavy atom. The van der Waals surface area contributed by atoms with Crippen LogP contribution in [0.2, 0.25) is 0 Å². The predicted octanol–water partition coefficient (Wildman–Crippen LogP) is 3.36. The zero-order chi connectivity index (χ0) is 22.1. The summed E-state index contributed by atoms with van der Waals surface area (Å²) >= 11 is 0. The number of carbonyl (C=O) groups is 2. The number of piperidine rings is 1. The number of nitrogens with zero attached hydrogens (tertiary/aromatic N) is 3. The van der Waals surface area contributed by atoms with Gasteiger partial charge in [-0.25, -0.2) is 9.78 Å². The van der Waals surface area contributed by atoms with E-state index in [0.717, 1.165) is 31.4 Å². The van der Waals surface area contributed by atoms with Gasteiger partial charge in [0.15, 0.2) is 11.6 Å². The molecule has 2 aromatic rings. The van der Waals surface area contributed by atoms with Crippen LogP contribution in [-0.2, 0) is 17.6 Å². The predicted molar refractivity (Wildman–Crippen MR) is 119 cm³/mol. The molecule has 1 aromatic heterocycles. The molecule has 3 amide bonds. The van der Waals surface area contributed by atoms with Crippen molar-refractivity contribution >= 4 is 17.6 Å². The van der Waals surface area contributed by atoms with Gasteiger partial charge in [0.2, 0.25) is 0 Å². The van der Waals surface area contributed by atoms with Crippen molar-refractivity contribution in [2.75, 3.05) is 44.7 Å². The quantitative estimate of drug-likeness (QED) is 0.794. The van der Waals surface area contributed by atoms with E-state index in [1.54, 1.807) is 11.8 Å². The molecule has 1 aliphatic carbocycles. The monoisotopic (exact) mass is 438 g/mol. The first kappa shape index (κ1) is 21.0. The van der Waals surface area contributed by atoms with Crippen molar-refractivity contribution in [3.05, 3.63) is 46.7 Å². The molecule has 0 unspecified atom stereocenters. The molecule has 8 nitrogen and oxygen atoms in total. The Kier molecular flexibility index (Phi) is 5.87. The van der Waals surface area contributed by atoms with Crippen LogP contribution in [0.5, 0.6) is 0 Å². The van der Waals surface area contributed by atoms with Gasteiger partial charge < -0.3 is 24.3 Å². The van der Waals surface area contributed by atoms with Crippen LogP contribution in [0.3, 0.4) is 0 Å². The number of nitrogens with one attached hydrogen (secondary N) is 1. The molecule has 5 rings (SSSR count). The normalized spacial score (nSPS) is 19.2. The molecule has 2 saturated heterocycles. The van der Waals surface area contributed by atoms with Crippen molar-refractivity contribution in [1.82, 2.24) is 14.8 Å². The van der Waals surface area contributed by atoms with Crippen LogP contribution >= 0.6 is 0 Å². The number of hydrogen-bond donors (Lipinski definition) is 1. The smallest absolute Gasteiger partial charge is 0.321 e. The average molecular weight is 439 g/mol. The number of aryl methyl sites for hydroxylation is 3. The number of likely N-dealkylation sites (tertiary alicyclic amines) is 1. The number of anilines is 1. The maximum atomic E-state index is 12.8. The number of aromatic nitrogens is 1. The number of amides is 3. The molecule has 1 aromatic carbocycles. The first-order valence-corrected chi connectivity index (χ1v) is 11.6. The van der Waals surface area contributed by atoms with Crippen LogP contribution in [0.25, 0.3) is 0 Å². The van der Waals surface area contributed by atoms with Crippen LogP contribution in [0.4, 0.5) is 10.5 Å². The van der Waals surface area contributed by atoms with Crippen molar-refractivity contribution in [2.24, 2.45) is 0 Å². The fraction of sp³-hybridized carbons (Fsp3) is 0.542. The van der Waals surface area contributed by atoms with Crippen LogP contribution in [0.15, 0.2) is 22.6 Å². The highest BCUT2D eigenvalue weighted by Crippen LogP contribution is 2.30. The molecule has 0 spiro atoms. The molecule has 0 saturated carbocycles. The van der Waals surface area contributed by atoms with Crippen molar-refractivity contribution in [3.8, 4) is 0 Å². The zero-order valence-electron chi connectivity index (χ0n) is 18.6. The lowest BCUT2D eigenvalue weighted by atomic mass is 9.97. The number of ether oxygens (including phenoxy) is 1. The third-order valence-electron chi connectivity index (χ3n) is 6.80. The van der Waals surface area contributed by atoms with Gasteiger partial charge in [-0.15, -0.1) is 0 Å². The highest BCUT2D eigenvalue weighted by atomic mass is 16.5. The molecule has 0 atom stereocenters. The SMILES string of the molecule is Cc1oc(C2CCN(C(=O)Nc3ccc4c(c3)CCC4)CC2)nc1C(=O)N1CCOCC1. The maximum Gasteiger partial charge on any atom is 0.321 e. The second kappa shape index (κ2) is 8.94. The highest BCUT2D eigenvalue weighted by Gasteiger charge is 2.30. The molecular formula is C24H30N4O4. The minimum Gasteiger partial charge on any atom is -0.445 e. The maximum absolute atomic E-state index is 12.8. The van der Waals surface area contributed by atoms with E-state index in [-0.39, 0.29) is 17.9 Å². The van der Waals surface area contributed by atoms with E-state index in [1.165, 1.54) is 17.5 Å². The molecular weight excluding hydrogens is 408 g/mol. The van der Waals surface area contributed by atoms with E-state index >= 15 is 0 Å². The highest BCUT2D eigenvalue weighted by molar-refractivity contribution is 5.93. The molecule has 2 aliphatic heterocycles. The molecule has 1 N–H and O–H groups in total. The van der Waals surface area contributed by atoms with Gasteiger partial charge in [0, 0.05) is 37.8 Å². The summed E-state index contributed by atoms with van der Waals surface area (Å²) in [4.78, 5) is 33.7. The summed E-state index contributed by atoms with van der Waals surface area (Å²) in [7, 11) is 0. The van der Waals surface area contributed by atoms with E-state index in [0.29, 0.717) is 56.7 Å². The fourth-order valence-electron chi connectivity index (χ4n) is 4.89. The molecule has 3 heterocycles. The van der Waals surface area contributed by atoms with E-state index in [9.17, 15) is 9.59 Å². The van der Waals surface area contributed by atoms with E-state index in [4.69, 9.17) is 9.15 Å². The molecule has 8 heteroatoms. The van der Waals surface area contributed by atoms with Gasteiger partial charge in [-0.1, -0.05) is 6.07 Å². The van der Waals surface area contributed by atoms with Gasteiger partial charge in [0.05, 0.1) is 13.2 Å². The lowest BCUT2D eigenvalue weighted by molar-refractivity contribution is 0.0298. The van der Waals surface area contributed by atoms with Gasteiger partial charge >= 0.3 is 6.03 Å². The summed E-state index contributed by atoms with van der Waals surface area (Å²) < 4.78 is 11.2. The number of oxazole rings is 1. The standard InChI is InChI=1S/C24H30N4O4/c1-16-21(23(29)27-11-13-31-14-12-27)26-22(32-16)18-7-9-28(10-8-18)24(30)25-20-6-5-17-3-2-4-19(17)15-20/h5-6,15,18H,2-4,7-14H2,1H3,(H,25,30). The van der Waals surface area contributed by atoms with Gasteiger partial charge in [0.1, 0.15) is 5.76 Å². The number of urea groups is 1. The molecule has 170 valence electrons. The number of hydrogen-bond acceptors (Lipinski definition) is 5. The Morgan fingerprint density at radius 2 is 1.78 bits per heavy atom. The van der Waals surface area contributed by atoms with Crippen LogP contribution in [0, 0.1) is 6.92 Å². The minimum absolute atomic E-state index is 0.0619. The van der Waals surface area contributed by atoms with E-state index in [2.05, 4.69) is 22.4 Å². The summed E-state index contributed by atoms with van der Waals surface area (Å²) in [5.41, 5.74) is 4.02. The first-order valence-electron chi connectivity index (χ1n) is 11.6. The summed E-state index contributed by atoms with van der Waals surface area (Å²) in [5.74, 6) is 1.20. The van der Waals surface area contributed by atoms with Crippen LogP contribution < -0.4 is 5.32 Å². The minimum atomic E-state index is -0.0908. The largest absolute Gasteiger partial charge is 0.445 e. The number of fused-ring (bicyclic) bond motifs is 1. The van der Waals surface area contributed by atoms with Gasteiger partial charge in [-0.3, -0.25) is 4.79 Å². The van der Waals surface area contributed by atoms with Crippen LogP contribution in [-0.4, -0.2) is 66.1 Å². The van der Waals surface area contributed by atoms with Crippen molar-refractivity contribution in [1.29, 1.82) is 0 Å². The number of carbonyl (C=O) groups excluding carboxylic acids is 2. The van der Waals surface area contributed by atoms with E-state index in [1.807, 2.05) is 11.0 Å². The topological polar surface area (TPSA) is 87.9 Å². The summed E-state index contributed by atoms with van der Waals surface area (Å²) in [6.45, 7) is 5.34. The molecule has 0 radical (unpaired) electrons. The molecule has 0 bridgehead atoms. The average Bonchev–Trinajstić information content (AvgIpc) is 3.45. The second-order valence-electron chi connectivity index (χ2n) is 8.89. The first-order chi connectivity index (χ1) is 15.6. The molecule has 2 fully saturated rings. The van der Waals surface area contributed by atoms with Gasteiger partial charge in [-0.05, 0) is 62.3 Å². The Bertz CT molecular complexity index is 1000. The Hall–Kier alpha value is -2.87. The summed E-state index contributed by atoms with van der Waals surface area (Å²) in [5, 5.41) is 3.05.